The fourth-order valence-electron chi connectivity index (χ4n) is 3.38. The van der Waals surface area contributed by atoms with E-state index in [2.05, 4.69) is 10.3 Å². The van der Waals surface area contributed by atoms with E-state index in [0.29, 0.717) is 11.1 Å². The molecular weight excluding hydrogens is 459 g/mol. The third kappa shape index (κ3) is 6.14. The number of alkyl halides is 3. The van der Waals surface area contributed by atoms with Crippen LogP contribution >= 0.6 is 0 Å². The molecule has 3 aromatic carbocycles. The van der Waals surface area contributed by atoms with Crippen LogP contribution in [-0.2, 0) is 28.8 Å². The van der Waals surface area contributed by atoms with Gasteiger partial charge in [0.25, 0.3) is 0 Å². The molecule has 6 nitrogen and oxygen atoms in total. The van der Waals surface area contributed by atoms with Gasteiger partial charge in [-0.3, -0.25) is 4.79 Å². The number of para-hydroxylation sites is 1. The van der Waals surface area contributed by atoms with Gasteiger partial charge in [-0.05, 0) is 35.4 Å². The Morgan fingerprint density at radius 3 is 2.34 bits per heavy atom. The van der Waals surface area contributed by atoms with E-state index < -0.39 is 17.7 Å². The molecule has 0 atom stereocenters. The van der Waals surface area contributed by atoms with Crippen LogP contribution in [0.4, 0.5) is 13.2 Å². The molecule has 0 aliphatic heterocycles. The van der Waals surface area contributed by atoms with Crippen molar-refractivity contribution < 1.29 is 27.9 Å². The van der Waals surface area contributed by atoms with E-state index in [1.807, 2.05) is 30.3 Å². The van der Waals surface area contributed by atoms with Gasteiger partial charge in [-0.25, -0.2) is 4.68 Å². The van der Waals surface area contributed by atoms with Crippen LogP contribution in [0, 0.1) is 0 Å². The maximum absolute atomic E-state index is 13.3. The van der Waals surface area contributed by atoms with E-state index in [4.69, 9.17) is 9.94 Å². The zero-order valence-electron chi connectivity index (χ0n) is 18.3. The molecule has 9 heteroatoms. The quantitative estimate of drug-likeness (QED) is 0.268. The summed E-state index contributed by atoms with van der Waals surface area (Å²) in [6.07, 6.45) is -1.42. The third-order valence-electron chi connectivity index (χ3n) is 5.11. The van der Waals surface area contributed by atoms with Gasteiger partial charge in [0.15, 0.2) is 0 Å². The van der Waals surface area contributed by atoms with Crippen molar-refractivity contribution in [1.29, 1.82) is 0 Å². The normalized spacial score (nSPS) is 11.9. The summed E-state index contributed by atoms with van der Waals surface area (Å²) in [5.41, 5.74) is 2.25. The van der Waals surface area contributed by atoms with Crippen LogP contribution in [0.3, 0.4) is 0 Å². The minimum absolute atomic E-state index is 0.0443. The predicted molar refractivity (Wildman–Crippen MR) is 123 cm³/mol. The number of aromatic nitrogens is 2. The van der Waals surface area contributed by atoms with Crippen LogP contribution in [0.15, 0.2) is 96.4 Å². The summed E-state index contributed by atoms with van der Waals surface area (Å²) in [7, 11) is 0. The van der Waals surface area contributed by atoms with Crippen molar-refractivity contribution >= 4 is 11.7 Å². The number of rotatable bonds is 8. The van der Waals surface area contributed by atoms with E-state index >= 15 is 0 Å². The van der Waals surface area contributed by atoms with Gasteiger partial charge in [-0.2, -0.15) is 18.3 Å². The Morgan fingerprint density at radius 1 is 0.943 bits per heavy atom. The summed E-state index contributed by atoms with van der Waals surface area (Å²) >= 11 is 0. The monoisotopic (exact) mass is 479 g/mol. The molecular formula is C26H20F3N3O3. The average Bonchev–Trinajstić information content (AvgIpc) is 3.33. The summed E-state index contributed by atoms with van der Waals surface area (Å²) in [5, 5.41) is 17.4. The highest BCUT2D eigenvalue weighted by atomic mass is 19.4. The van der Waals surface area contributed by atoms with Gasteiger partial charge in [-0.1, -0.05) is 59.8 Å². The van der Waals surface area contributed by atoms with Crippen molar-refractivity contribution in [2.75, 3.05) is 0 Å². The van der Waals surface area contributed by atoms with Crippen molar-refractivity contribution in [2.24, 2.45) is 5.16 Å². The Kier molecular flexibility index (Phi) is 6.96. The number of benzene rings is 3. The standard InChI is InChI=1S/C26H20F3N3O3/c27-26(28,29)22-6-4-5-20(14-22)25(21-15-30-32(16-21)23-7-2-1-3-8-23)31-35-17-19-11-9-18(10-12-19)13-24(33)34/h1-12,14-16H,13,17H2,(H,33,34)/b31-25+. The Hall–Kier alpha value is -4.40. The molecule has 0 radical (unpaired) electrons. The van der Waals surface area contributed by atoms with Crippen LogP contribution in [0.25, 0.3) is 5.69 Å². The number of hydrogen-bond acceptors (Lipinski definition) is 4. The Labute approximate surface area is 198 Å². The summed E-state index contributed by atoms with van der Waals surface area (Å²) in [4.78, 5) is 16.3. The molecule has 0 unspecified atom stereocenters. The number of aliphatic carboxylic acids is 1. The molecule has 4 aromatic rings. The van der Waals surface area contributed by atoms with Gasteiger partial charge in [0.05, 0.1) is 23.9 Å². The van der Waals surface area contributed by atoms with Crippen molar-refractivity contribution in [1.82, 2.24) is 9.78 Å². The smallest absolute Gasteiger partial charge is 0.416 e. The molecule has 0 bridgehead atoms. The molecule has 1 aromatic heterocycles. The molecule has 0 saturated heterocycles. The molecule has 4 rings (SSSR count). The van der Waals surface area contributed by atoms with Gasteiger partial charge in [0.2, 0.25) is 0 Å². The SMILES string of the molecule is O=C(O)Cc1ccc(CO/N=C(\c2cccc(C(F)(F)F)c2)c2cnn(-c3ccccc3)c2)cc1. The van der Waals surface area contributed by atoms with Gasteiger partial charge in [-0.15, -0.1) is 0 Å². The maximum Gasteiger partial charge on any atom is 0.416 e. The zero-order valence-corrected chi connectivity index (χ0v) is 18.3. The number of carbonyl (C=O) groups is 1. The molecule has 1 N–H and O–H groups in total. The molecule has 0 amide bonds. The van der Waals surface area contributed by atoms with Crippen molar-refractivity contribution in [3.8, 4) is 5.69 Å². The fraction of sp³-hybridized carbons (Fsp3) is 0.115. The molecule has 1 heterocycles. The summed E-state index contributed by atoms with van der Waals surface area (Å²) in [6.45, 7) is 0.0443. The van der Waals surface area contributed by atoms with Crippen LogP contribution in [0.2, 0.25) is 0 Å². The lowest BCUT2D eigenvalue weighted by Gasteiger charge is -2.10. The number of hydrogen-bond donors (Lipinski definition) is 1. The summed E-state index contributed by atoms with van der Waals surface area (Å²) < 4.78 is 41.6. The van der Waals surface area contributed by atoms with Gasteiger partial charge < -0.3 is 9.94 Å². The Morgan fingerprint density at radius 2 is 1.66 bits per heavy atom. The minimum Gasteiger partial charge on any atom is -0.481 e. The van der Waals surface area contributed by atoms with Crippen LogP contribution < -0.4 is 0 Å². The van der Waals surface area contributed by atoms with Gasteiger partial charge in [0, 0.05) is 17.3 Å². The molecule has 178 valence electrons. The topological polar surface area (TPSA) is 76.7 Å². The highest BCUT2D eigenvalue weighted by Crippen LogP contribution is 2.30. The van der Waals surface area contributed by atoms with Crippen LogP contribution in [0.1, 0.15) is 27.8 Å². The third-order valence-corrected chi connectivity index (χ3v) is 5.11. The average molecular weight is 479 g/mol. The largest absolute Gasteiger partial charge is 0.481 e. The highest BCUT2D eigenvalue weighted by Gasteiger charge is 2.31. The first-order chi connectivity index (χ1) is 16.8. The second-order valence-electron chi connectivity index (χ2n) is 7.69. The molecule has 0 aliphatic rings. The zero-order chi connectivity index (χ0) is 24.8. The highest BCUT2D eigenvalue weighted by molar-refractivity contribution is 6.12. The molecule has 0 fully saturated rings. The lowest BCUT2D eigenvalue weighted by Crippen LogP contribution is -2.09. The molecule has 0 spiro atoms. The van der Waals surface area contributed by atoms with E-state index in [1.165, 1.54) is 18.3 Å². The van der Waals surface area contributed by atoms with Gasteiger partial charge >= 0.3 is 12.1 Å². The number of carboxylic acids is 1. The Bertz CT molecular complexity index is 1330. The van der Waals surface area contributed by atoms with E-state index in [-0.39, 0.29) is 24.3 Å². The second kappa shape index (κ2) is 10.3. The molecule has 35 heavy (non-hydrogen) atoms. The summed E-state index contributed by atoms with van der Waals surface area (Å²) in [6, 6.07) is 20.9. The van der Waals surface area contributed by atoms with E-state index in [9.17, 15) is 18.0 Å². The van der Waals surface area contributed by atoms with E-state index in [0.717, 1.165) is 23.4 Å². The number of oxime groups is 1. The van der Waals surface area contributed by atoms with Gasteiger partial charge in [0.1, 0.15) is 12.3 Å². The predicted octanol–water partition coefficient (Wildman–Crippen LogP) is 5.49. The van der Waals surface area contributed by atoms with Crippen LogP contribution in [0.5, 0.6) is 0 Å². The second-order valence-corrected chi connectivity index (χ2v) is 7.69. The first kappa shape index (κ1) is 23.7. The Balaban J connectivity index is 1.62. The first-order valence-electron chi connectivity index (χ1n) is 10.6. The fourth-order valence-corrected chi connectivity index (χ4v) is 3.38. The number of carboxylic acid groups (broad SMARTS) is 1. The molecule has 0 saturated carbocycles. The lowest BCUT2D eigenvalue weighted by atomic mass is 10.0. The lowest BCUT2D eigenvalue weighted by molar-refractivity contribution is -0.138. The van der Waals surface area contributed by atoms with Crippen molar-refractivity contribution in [3.05, 3.63) is 119 Å². The minimum atomic E-state index is -4.51. The maximum atomic E-state index is 13.3. The van der Waals surface area contributed by atoms with E-state index in [1.54, 1.807) is 35.1 Å². The van der Waals surface area contributed by atoms with Crippen LogP contribution in [-0.4, -0.2) is 26.6 Å². The first-order valence-corrected chi connectivity index (χ1v) is 10.6. The van der Waals surface area contributed by atoms with Crippen molar-refractivity contribution in [2.45, 2.75) is 19.2 Å². The number of nitrogens with zero attached hydrogens (tertiary/aromatic N) is 3. The summed E-state index contributed by atoms with van der Waals surface area (Å²) in [5.74, 6) is -0.930. The number of halogens is 3. The van der Waals surface area contributed by atoms with Crippen molar-refractivity contribution in [3.63, 3.8) is 0 Å². The molecule has 0 aliphatic carbocycles.